The summed E-state index contributed by atoms with van der Waals surface area (Å²) in [6, 6.07) is 16.5. The number of urea groups is 1. The molecule has 8 heteroatoms. The fraction of sp³-hybridized carbons (Fsp3) is 0.308. The molecule has 0 atom stereocenters. The van der Waals surface area contributed by atoms with E-state index < -0.39 is 0 Å². The summed E-state index contributed by atoms with van der Waals surface area (Å²) in [5.41, 5.74) is 2.73. The number of hydrogen-bond acceptors (Lipinski definition) is 3. The van der Waals surface area contributed by atoms with Crippen molar-refractivity contribution < 1.29 is 9.59 Å². The van der Waals surface area contributed by atoms with Crippen molar-refractivity contribution in [2.24, 2.45) is 5.92 Å². The summed E-state index contributed by atoms with van der Waals surface area (Å²) in [5, 5.41) is 5.64. The molecule has 0 bridgehead atoms. The molecule has 3 rings (SSSR count). The van der Waals surface area contributed by atoms with E-state index in [0.717, 1.165) is 16.0 Å². The lowest BCUT2D eigenvalue weighted by molar-refractivity contribution is -0.133. The average Bonchev–Trinajstić information content (AvgIpc) is 3.20. The van der Waals surface area contributed by atoms with Crippen molar-refractivity contribution in [3.05, 3.63) is 86.0 Å². The van der Waals surface area contributed by atoms with Crippen LogP contribution in [0.4, 0.5) is 10.5 Å². The van der Waals surface area contributed by atoms with E-state index in [1.54, 1.807) is 34.4 Å². The first kappa shape index (κ1) is 26.1. The van der Waals surface area contributed by atoms with Gasteiger partial charge in [0.25, 0.3) is 0 Å². The van der Waals surface area contributed by atoms with Crippen molar-refractivity contribution in [3.8, 4) is 0 Å². The van der Waals surface area contributed by atoms with Gasteiger partial charge in [0.05, 0.1) is 16.6 Å². The van der Waals surface area contributed by atoms with E-state index in [0.29, 0.717) is 35.4 Å². The van der Waals surface area contributed by atoms with Crippen molar-refractivity contribution >= 4 is 52.2 Å². The van der Waals surface area contributed by atoms with E-state index in [2.05, 4.69) is 11.4 Å². The molecule has 0 aliphatic rings. The number of nitrogens with zero attached hydrogens (tertiary/aromatic N) is 2. The first-order valence-corrected chi connectivity index (χ1v) is 12.7. The molecule has 3 amide bonds. The van der Waals surface area contributed by atoms with Crippen LogP contribution in [0.1, 0.15) is 29.9 Å². The van der Waals surface area contributed by atoms with Crippen LogP contribution in [0.2, 0.25) is 10.0 Å². The summed E-state index contributed by atoms with van der Waals surface area (Å²) in [4.78, 5) is 31.1. The number of carbonyl (C=O) groups is 2. The second-order valence-electron chi connectivity index (χ2n) is 8.60. The molecule has 0 aliphatic carbocycles. The van der Waals surface area contributed by atoms with E-state index in [4.69, 9.17) is 23.2 Å². The Morgan fingerprint density at radius 1 is 0.971 bits per heavy atom. The predicted octanol–water partition coefficient (Wildman–Crippen LogP) is 7.08. The van der Waals surface area contributed by atoms with E-state index in [9.17, 15) is 9.59 Å². The third kappa shape index (κ3) is 7.49. The van der Waals surface area contributed by atoms with E-state index >= 15 is 0 Å². The van der Waals surface area contributed by atoms with E-state index in [-0.39, 0.29) is 24.4 Å². The minimum Gasteiger partial charge on any atom is -0.332 e. The van der Waals surface area contributed by atoms with Crippen LogP contribution in [0.5, 0.6) is 0 Å². The fourth-order valence-corrected chi connectivity index (χ4v) is 4.69. The number of halogens is 2. The normalized spacial score (nSPS) is 10.9. The molecule has 0 spiro atoms. The summed E-state index contributed by atoms with van der Waals surface area (Å²) in [6.07, 6.45) is 0. The van der Waals surface area contributed by atoms with Gasteiger partial charge in [-0.3, -0.25) is 4.79 Å². The lowest BCUT2D eigenvalue weighted by Gasteiger charge is -2.29. The monoisotopic (exact) mass is 517 g/mol. The minimum absolute atomic E-state index is 0.0252. The van der Waals surface area contributed by atoms with E-state index in [1.807, 2.05) is 61.4 Å². The smallest absolute Gasteiger partial charge is 0.322 e. The zero-order chi connectivity index (χ0) is 24.7. The molecule has 2 aromatic carbocycles. The number of thiophene rings is 1. The maximum Gasteiger partial charge on any atom is 0.322 e. The largest absolute Gasteiger partial charge is 0.332 e. The first-order valence-electron chi connectivity index (χ1n) is 11.1. The van der Waals surface area contributed by atoms with Gasteiger partial charge in [0.1, 0.15) is 6.54 Å². The Hall–Kier alpha value is -2.54. The number of benzene rings is 2. The Bertz CT molecular complexity index is 1120. The van der Waals surface area contributed by atoms with Crippen LogP contribution in [-0.4, -0.2) is 34.8 Å². The fourth-order valence-electron chi connectivity index (χ4n) is 3.48. The Balaban J connectivity index is 1.78. The number of amides is 3. The molecule has 0 unspecified atom stereocenters. The summed E-state index contributed by atoms with van der Waals surface area (Å²) >= 11 is 13.7. The Morgan fingerprint density at radius 3 is 2.32 bits per heavy atom. The van der Waals surface area contributed by atoms with Crippen molar-refractivity contribution in [3.63, 3.8) is 0 Å². The molecule has 0 saturated carbocycles. The Morgan fingerprint density at radius 2 is 1.71 bits per heavy atom. The molecule has 1 aromatic heterocycles. The number of anilines is 1. The van der Waals surface area contributed by atoms with Crippen molar-refractivity contribution in [1.29, 1.82) is 0 Å². The van der Waals surface area contributed by atoms with Gasteiger partial charge < -0.3 is 15.1 Å². The highest BCUT2D eigenvalue weighted by molar-refractivity contribution is 7.10. The third-order valence-corrected chi connectivity index (χ3v) is 6.99. The predicted molar refractivity (Wildman–Crippen MR) is 142 cm³/mol. The van der Waals surface area contributed by atoms with Crippen LogP contribution >= 0.6 is 34.5 Å². The van der Waals surface area contributed by atoms with Gasteiger partial charge >= 0.3 is 6.03 Å². The highest BCUT2D eigenvalue weighted by atomic mass is 35.5. The zero-order valence-electron chi connectivity index (χ0n) is 19.6. The summed E-state index contributed by atoms with van der Waals surface area (Å²) < 4.78 is 0. The topological polar surface area (TPSA) is 52.7 Å². The van der Waals surface area contributed by atoms with Gasteiger partial charge in [0.2, 0.25) is 5.91 Å². The Kier molecular flexibility index (Phi) is 9.39. The van der Waals surface area contributed by atoms with Crippen molar-refractivity contribution in [2.45, 2.75) is 33.9 Å². The van der Waals surface area contributed by atoms with Crippen molar-refractivity contribution in [1.82, 2.24) is 9.80 Å². The highest BCUT2D eigenvalue weighted by Crippen LogP contribution is 2.25. The van der Waals surface area contributed by atoms with E-state index in [1.165, 1.54) is 0 Å². The van der Waals surface area contributed by atoms with Gasteiger partial charge in [-0.2, -0.15) is 0 Å². The number of rotatable bonds is 9. The molecule has 0 aliphatic heterocycles. The van der Waals surface area contributed by atoms with Crippen LogP contribution in [0.15, 0.2) is 60.0 Å². The summed E-state index contributed by atoms with van der Waals surface area (Å²) in [5.74, 6) is 0.0797. The molecule has 1 heterocycles. The second-order valence-corrected chi connectivity index (χ2v) is 10.4. The average molecular weight is 519 g/mol. The van der Waals surface area contributed by atoms with Crippen LogP contribution in [-0.2, 0) is 17.9 Å². The molecule has 3 aromatic rings. The van der Waals surface area contributed by atoms with Crippen LogP contribution in [0.25, 0.3) is 0 Å². The SMILES string of the molecule is Cc1ccsc1CN(Cc1ccccc1)C(=O)CN(CC(C)C)C(=O)Nc1ccc(Cl)c(Cl)c1. The molecular weight excluding hydrogens is 489 g/mol. The quantitative estimate of drug-likeness (QED) is 0.329. The lowest BCUT2D eigenvalue weighted by atomic mass is 10.2. The molecule has 34 heavy (non-hydrogen) atoms. The number of carbonyl (C=O) groups excluding carboxylic acids is 2. The van der Waals surface area contributed by atoms with Gasteiger partial charge in [0, 0.05) is 23.7 Å². The standard InChI is InChI=1S/C26H29Cl2N3O2S/c1-18(2)14-31(26(33)29-21-9-10-22(27)23(28)13-21)17-25(32)30(15-20-7-5-4-6-8-20)16-24-19(3)11-12-34-24/h4-13,18H,14-17H2,1-3H3,(H,29,33). The summed E-state index contributed by atoms with van der Waals surface area (Å²) in [6.45, 7) is 7.47. The number of aryl methyl sites for hydroxylation is 1. The van der Waals surface area contributed by atoms with Gasteiger partial charge in [-0.05, 0) is 53.6 Å². The molecule has 0 fully saturated rings. The lowest BCUT2D eigenvalue weighted by Crippen LogP contribution is -2.45. The zero-order valence-corrected chi connectivity index (χ0v) is 21.9. The van der Waals surface area contributed by atoms with Gasteiger partial charge in [-0.25, -0.2) is 4.79 Å². The molecule has 5 nitrogen and oxygen atoms in total. The molecule has 1 N–H and O–H groups in total. The minimum atomic E-state index is -0.354. The maximum atomic E-state index is 13.5. The number of nitrogens with one attached hydrogen (secondary N) is 1. The van der Waals surface area contributed by atoms with Crippen molar-refractivity contribution in [2.75, 3.05) is 18.4 Å². The van der Waals surface area contributed by atoms with Crippen LogP contribution in [0.3, 0.4) is 0 Å². The van der Waals surface area contributed by atoms with Crippen LogP contribution in [0, 0.1) is 12.8 Å². The summed E-state index contributed by atoms with van der Waals surface area (Å²) in [7, 11) is 0. The molecular formula is C26H29Cl2N3O2S. The number of hydrogen-bond donors (Lipinski definition) is 1. The second kappa shape index (κ2) is 12.2. The maximum absolute atomic E-state index is 13.5. The first-order chi connectivity index (χ1) is 16.2. The van der Waals surface area contributed by atoms with Gasteiger partial charge in [-0.1, -0.05) is 67.4 Å². The van der Waals surface area contributed by atoms with Gasteiger partial charge in [0.15, 0.2) is 0 Å². The third-order valence-electron chi connectivity index (χ3n) is 5.24. The van der Waals surface area contributed by atoms with Gasteiger partial charge in [-0.15, -0.1) is 11.3 Å². The highest BCUT2D eigenvalue weighted by Gasteiger charge is 2.23. The molecule has 0 saturated heterocycles. The van der Waals surface area contributed by atoms with Crippen LogP contribution < -0.4 is 5.32 Å². The molecule has 0 radical (unpaired) electrons. The Labute approximate surface area is 215 Å². The molecule has 180 valence electrons.